The smallest absolute Gasteiger partial charge is 0.326 e. The largest absolute Gasteiger partial charge is 0.490 e. The van der Waals surface area contributed by atoms with Crippen molar-refractivity contribution in [1.82, 2.24) is 10.1 Å². The van der Waals surface area contributed by atoms with Crippen molar-refractivity contribution in [3.8, 4) is 0 Å². The zero-order valence-electron chi connectivity index (χ0n) is 10.1. The van der Waals surface area contributed by atoms with Crippen molar-refractivity contribution in [1.29, 1.82) is 0 Å². The average molecular weight is 380 g/mol. The third kappa shape index (κ3) is 7.86. The fraction of sp³-hybridized carbons (Fsp3) is 1.00. The van der Waals surface area contributed by atoms with Gasteiger partial charge in [0.15, 0.2) is 13.6 Å². The maximum atomic E-state index is 11.9. The van der Waals surface area contributed by atoms with E-state index in [9.17, 15) is 52.7 Å². The van der Waals surface area contributed by atoms with Crippen LogP contribution in [0.25, 0.3) is 0 Å². The van der Waals surface area contributed by atoms with Gasteiger partial charge >= 0.3 is 25.2 Å². The molecule has 0 spiro atoms. The van der Waals surface area contributed by atoms with Gasteiger partial charge < -0.3 is 4.74 Å². The summed E-state index contributed by atoms with van der Waals surface area (Å²) in [6, 6.07) is 0. The van der Waals surface area contributed by atoms with E-state index in [0.29, 0.717) is 0 Å². The van der Waals surface area contributed by atoms with E-state index in [-0.39, 0.29) is 0 Å². The molecule has 140 valence electrons. The van der Waals surface area contributed by atoms with Crippen LogP contribution in [0.3, 0.4) is 0 Å². The Morgan fingerprint density at radius 3 is 0.870 bits per heavy atom. The quantitative estimate of drug-likeness (QED) is 0.232. The minimum atomic E-state index is -6.09. The molecule has 0 amide bonds. The van der Waals surface area contributed by atoms with Crippen LogP contribution in [-0.2, 0) is 14.4 Å². The molecule has 0 unspecified atom stereocenters. The molecule has 0 saturated carbocycles. The van der Waals surface area contributed by atoms with E-state index in [1.165, 1.54) is 0 Å². The molecular formula is C6H4F12N2O3. The van der Waals surface area contributed by atoms with E-state index in [0.717, 1.165) is 0 Å². The van der Waals surface area contributed by atoms with Crippen molar-refractivity contribution < 1.29 is 67.1 Å². The molecule has 0 bridgehead atoms. The maximum Gasteiger partial charge on any atom is 0.490 e. The summed E-state index contributed by atoms with van der Waals surface area (Å²) in [6.07, 6.45) is -24.4. The van der Waals surface area contributed by atoms with Crippen molar-refractivity contribution in [2.45, 2.75) is 25.2 Å². The van der Waals surface area contributed by atoms with Crippen LogP contribution < -0.4 is 0 Å². The minimum Gasteiger partial charge on any atom is -0.326 e. The second-order valence-electron chi connectivity index (χ2n) is 3.16. The molecule has 0 rings (SSSR count). The monoisotopic (exact) mass is 380 g/mol. The van der Waals surface area contributed by atoms with Crippen LogP contribution in [0.15, 0.2) is 0 Å². The Kier molecular flexibility index (Phi) is 6.91. The van der Waals surface area contributed by atoms with Gasteiger partial charge in [-0.2, -0.15) is 52.7 Å². The van der Waals surface area contributed by atoms with Crippen LogP contribution in [0, 0.1) is 0 Å². The van der Waals surface area contributed by atoms with Crippen LogP contribution in [0.4, 0.5) is 52.7 Å². The summed E-state index contributed by atoms with van der Waals surface area (Å²) in [4.78, 5) is 6.05. The predicted octanol–water partition coefficient (Wildman–Crippen LogP) is 3.46. The average Bonchev–Trinajstić information content (AvgIpc) is 2.19. The summed E-state index contributed by atoms with van der Waals surface area (Å²) in [5.74, 6) is 0. The molecule has 0 aliphatic rings. The maximum absolute atomic E-state index is 11.9. The lowest BCUT2D eigenvalue weighted by molar-refractivity contribution is -0.509. The fourth-order valence-corrected chi connectivity index (χ4v) is 0.794. The third-order valence-electron chi connectivity index (χ3n) is 1.45. The Morgan fingerprint density at radius 1 is 0.478 bits per heavy atom. The number of halogens is 12. The highest BCUT2D eigenvalue weighted by Gasteiger charge is 2.57. The van der Waals surface area contributed by atoms with Crippen LogP contribution in [-0.4, -0.2) is 48.9 Å². The molecule has 0 saturated heterocycles. The minimum absolute atomic E-state index is 2.01. The fourth-order valence-electron chi connectivity index (χ4n) is 0.794. The molecular weight excluding hydrogens is 376 g/mol. The highest BCUT2D eigenvalue weighted by atomic mass is 19.4. The van der Waals surface area contributed by atoms with E-state index in [1.807, 2.05) is 0 Å². The zero-order valence-corrected chi connectivity index (χ0v) is 10.1. The van der Waals surface area contributed by atoms with E-state index >= 15 is 0 Å². The molecule has 0 aromatic heterocycles. The number of hydroxylamine groups is 4. The SMILES string of the molecule is FC(F)(F)N(OCOCON(C(F)(F)F)C(F)(F)F)C(F)(F)F. The lowest BCUT2D eigenvalue weighted by Gasteiger charge is -2.26. The van der Waals surface area contributed by atoms with Gasteiger partial charge in [-0.3, -0.25) is 9.68 Å². The summed E-state index contributed by atoms with van der Waals surface area (Å²) in [7, 11) is 0. The second-order valence-corrected chi connectivity index (χ2v) is 3.16. The van der Waals surface area contributed by atoms with Crippen molar-refractivity contribution in [2.75, 3.05) is 13.6 Å². The topological polar surface area (TPSA) is 34.2 Å². The molecule has 23 heavy (non-hydrogen) atoms. The first-order chi connectivity index (χ1) is 9.97. The van der Waals surface area contributed by atoms with Crippen LogP contribution in [0.5, 0.6) is 0 Å². The Balaban J connectivity index is 4.46. The van der Waals surface area contributed by atoms with E-state index < -0.39 is 48.9 Å². The standard InChI is InChI=1S/C6H4F12N2O3/c7-3(8,9)19(4(10,11)12)22-1-21-2-23-20(5(13,14)15)6(16,17)18/h1-2H2. The molecule has 17 heteroatoms. The third-order valence-corrected chi connectivity index (χ3v) is 1.45. The van der Waals surface area contributed by atoms with Gasteiger partial charge in [0.25, 0.3) is 0 Å². The molecule has 0 radical (unpaired) electrons. The summed E-state index contributed by atoms with van der Waals surface area (Å²) in [6.45, 7) is -4.02. The van der Waals surface area contributed by atoms with Gasteiger partial charge in [0, 0.05) is 10.1 Å². The van der Waals surface area contributed by atoms with Gasteiger partial charge in [0.05, 0.1) is 0 Å². The Hall–Kier alpha value is -1.04. The second kappa shape index (κ2) is 7.24. The number of alkyl halides is 12. The van der Waals surface area contributed by atoms with Gasteiger partial charge in [-0.25, -0.2) is 0 Å². The Morgan fingerprint density at radius 2 is 0.696 bits per heavy atom. The van der Waals surface area contributed by atoms with Gasteiger partial charge in [0.1, 0.15) is 0 Å². The number of ether oxygens (including phenoxy) is 1. The summed E-state index contributed by atoms with van der Waals surface area (Å²) >= 11 is 0. The van der Waals surface area contributed by atoms with E-state index in [2.05, 4.69) is 14.4 Å². The Bertz CT molecular complexity index is 298. The Labute approximate surface area is 117 Å². The molecule has 0 aromatic carbocycles. The number of hydrogen-bond donors (Lipinski definition) is 0. The van der Waals surface area contributed by atoms with Crippen molar-refractivity contribution in [3.05, 3.63) is 0 Å². The van der Waals surface area contributed by atoms with Crippen LogP contribution >= 0.6 is 0 Å². The summed E-state index contributed by atoms with van der Waals surface area (Å²) in [5.41, 5.74) is 0. The molecule has 0 aliphatic heterocycles. The molecule has 0 heterocycles. The van der Waals surface area contributed by atoms with Crippen molar-refractivity contribution >= 4 is 0 Å². The molecule has 5 nitrogen and oxygen atoms in total. The molecule has 0 aromatic rings. The first-order valence-electron chi connectivity index (χ1n) is 4.68. The highest BCUT2D eigenvalue weighted by molar-refractivity contribution is 4.51. The lowest BCUT2D eigenvalue weighted by Crippen LogP contribution is -2.49. The van der Waals surface area contributed by atoms with Gasteiger partial charge in [0.2, 0.25) is 0 Å². The van der Waals surface area contributed by atoms with Crippen LogP contribution in [0.1, 0.15) is 0 Å². The normalized spacial score (nSPS) is 14.9. The first kappa shape index (κ1) is 22.0. The summed E-state index contributed by atoms with van der Waals surface area (Å²) < 4.78 is 146. The molecule has 0 fully saturated rings. The van der Waals surface area contributed by atoms with E-state index in [4.69, 9.17) is 0 Å². The van der Waals surface area contributed by atoms with Gasteiger partial charge in [-0.05, 0) is 0 Å². The number of rotatable bonds is 6. The lowest BCUT2D eigenvalue weighted by atomic mass is 10.9. The van der Waals surface area contributed by atoms with E-state index in [1.54, 1.807) is 0 Å². The molecule has 0 atom stereocenters. The van der Waals surface area contributed by atoms with Crippen molar-refractivity contribution in [3.63, 3.8) is 0 Å². The summed E-state index contributed by atoms with van der Waals surface area (Å²) in [5, 5.41) is -4.96. The van der Waals surface area contributed by atoms with Crippen LogP contribution in [0.2, 0.25) is 0 Å². The zero-order chi connectivity index (χ0) is 18.7. The highest BCUT2D eigenvalue weighted by Crippen LogP contribution is 2.34. The predicted molar refractivity (Wildman–Crippen MR) is 40.9 cm³/mol. The first-order valence-corrected chi connectivity index (χ1v) is 4.68. The number of nitrogens with zero attached hydrogens (tertiary/aromatic N) is 2. The number of hydrogen-bond acceptors (Lipinski definition) is 5. The van der Waals surface area contributed by atoms with Gasteiger partial charge in [-0.1, -0.05) is 0 Å². The molecule has 0 aliphatic carbocycles. The van der Waals surface area contributed by atoms with Gasteiger partial charge in [-0.15, -0.1) is 0 Å². The molecule has 0 N–H and O–H groups in total. The van der Waals surface area contributed by atoms with Crippen molar-refractivity contribution in [2.24, 2.45) is 0 Å².